The van der Waals surface area contributed by atoms with E-state index in [0.717, 1.165) is 38.3 Å². The number of rotatable bonds is 2. The monoisotopic (exact) mass is 197 g/mol. The molecule has 0 bridgehead atoms. The van der Waals surface area contributed by atoms with Crippen LogP contribution < -0.4 is 0 Å². The second kappa shape index (κ2) is 3.89. The molecule has 3 heteroatoms. The van der Waals surface area contributed by atoms with Crippen LogP contribution in [-0.2, 0) is 4.79 Å². The van der Waals surface area contributed by atoms with Crippen molar-refractivity contribution < 1.29 is 9.90 Å². The molecule has 0 aromatic heterocycles. The topological polar surface area (TPSA) is 40.5 Å². The molecule has 0 spiro atoms. The number of likely N-dealkylation sites (tertiary alicyclic amines) is 1. The minimum Gasteiger partial charge on any atom is -0.481 e. The summed E-state index contributed by atoms with van der Waals surface area (Å²) in [5.41, 5.74) is 0. The van der Waals surface area contributed by atoms with Crippen LogP contribution in [0.3, 0.4) is 0 Å². The summed E-state index contributed by atoms with van der Waals surface area (Å²) in [6.07, 6.45) is 4.30. The first-order chi connectivity index (χ1) is 6.68. The van der Waals surface area contributed by atoms with E-state index in [2.05, 4.69) is 11.8 Å². The Labute approximate surface area is 85.1 Å². The SMILES string of the molecule is CC1CCN(C2CCCC2C(=O)O)C1. The molecule has 0 aromatic rings. The average molecular weight is 197 g/mol. The molecule has 0 amide bonds. The molecule has 2 rings (SSSR count). The van der Waals surface area contributed by atoms with Gasteiger partial charge in [0.25, 0.3) is 0 Å². The number of carboxylic acid groups (broad SMARTS) is 1. The molecule has 1 aliphatic carbocycles. The Bertz CT molecular complexity index is 229. The van der Waals surface area contributed by atoms with Crippen LogP contribution in [-0.4, -0.2) is 35.1 Å². The smallest absolute Gasteiger partial charge is 0.308 e. The average Bonchev–Trinajstić information content (AvgIpc) is 2.70. The summed E-state index contributed by atoms with van der Waals surface area (Å²) in [6, 6.07) is 0.331. The minimum absolute atomic E-state index is 0.0969. The number of hydrogen-bond donors (Lipinski definition) is 1. The first-order valence-corrected chi connectivity index (χ1v) is 5.65. The summed E-state index contributed by atoms with van der Waals surface area (Å²) in [5.74, 6) is 0.0670. The highest BCUT2D eigenvalue weighted by molar-refractivity contribution is 5.71. The maximum atomic E-state index is 11.0. The van der Waals surface area contributed by atoms with Crippen LogP contribution >= 0.6 is 0 Å². The maximum absolute atomic E-state index is 11.0. The van der Waals surface area contributed by atoms with Crippen LogP contribution in [0.15, 0.2) is 0 Å². The zero-order valence-corrected chi connectivity index (χ0v) is 8.78. The van der Waals surface area contributed by atoms with Crippen molar-refractivity contribution in [2.45, 2.75) is 38.6 Å². The van der Waals surface area contributed by atoms with E-state index in [0.29, 0.717) is 6.04 Å². The molecule has 3 unspecified atom stereocenters. The van der Waals surface area contributed by atoms with Crippen molar-refractivity contribution in [1.29, 1.82) is 0 Å². The van der Waals surface area contributed by atoms with Crippen molar-refractivity contribution in [3.63, 3.8) is 0 Å². The van der Waals surface area contributed by atoms with Gasteiger partial charge in [0.2, 0.25) is 0 Å². The van der Waals surface area contributed by atoms with Crippen LogP contribution in [0.1, 0.15) is 32.6 Å². The summed E-state index contributed by atoms with van der Waals surface area (Å²) in [4.78, 5) is 13.4. The number of nitrogens with zero attached hydrogens (tertiary/aromatic N) is 1. The fourth-order valence-corrected chi connectivity index (χ4v) is 2.94. The number of carbonyl (C=O) groups is 1. The third kappa shape index (κ3) is 1.78. The summed E-state index contributed by atoms with van der Waals surface area (Å²) in [7, 11) is 0. The predicted octanol–water partition coefficient (Wildman–Crippen LogP) is 1.58. The molecule has 0 radical (unpaired) electrons. The zero-order chi connectivity index (χ0) is 10.1. The standard InChI is InChI=1S/C11H19NO2/c1-8-5-6-12(7-8)10-4-2-3-9(10)11(13)14/h8-10H,2-7H2,1H3,(H,13,14). The van der Waals surface area contributed by atoms with Crippen molar-refractivity contribution in [2.75, 3.05) is 13.1 Å². The molecule has 1 N–H and O–H groups in total. The lowest BCUT2D eigenvalue weighted by molar-refractivity contribution is -0.143. The summed E-state index contributed by atoms with van der Waals surface area (Å²) in [5, 5.41) is 9.08. The van der Waals surface area contributed by atoms with E-state index in [1.54, 1.807) is 0 Å². The van der Waals surface area contributed by atoms with Crippen LogP contribution in [0.5, 0.6) is 0 Å². The summed E-state index contributed by atoms with van der Waals surface area (Å²) < 4.78 is 0. The largest absolute Gasteiger partial charge is 0.481 e. The van der Waals surface area contributed by atoms with Gasteiger partial charge in [0.1, 0.15) is 0 Å². The number of aliphatic carboxylic acids is 1. The van der Waals surface area contributed by atoms with Gasteiger partial charge in [-0.3, -0.25) is 9.69 Å². The Morgan fingerprint density at radius 2 is 2.14 bits per heavy atom. The van der Waals surface area contributed by atoms with Crippen LogP contribution in [0.2, 0.25) is 0 Å². The van der Waals surface area contributed by atoms with Crippen LogP contribution in [0.4, 0.5) is 0 Å². The first-order valence-electron chi connectivity index (χ1n) is 5.65. The van der Waals surface area contributed by atoms with E-state index in [-0.39, 0.29) is 5.92 Å². The Morgan fingerprint density at radius 1 is 1.36 bits per heavy atom. The lowest BCUT2D eigenvalue weighted by Crippen LogP contribution is -2.39. The van der Waals surface area contributed by atoms with Crippen molar-refractivity contribution in [3.05, 3.63) is 0 Å². The second-order valence-electron chi connectivity index (χ2n) is 4.83. The molecular formula is C11H19NO2. The first kappa shape index (κ1) is 9.97. The van der Waals surface area contributed by atoms with E-state index in [9.17, 15) is 4.79 Å². The molecule has 2 aliphatic rings. The van der Waals surface area contributed by atoms with Crippen LogP contribution in [0, 0.1) is 11.8 Å². The van der Waals surface area contributed by atoms with Gasteiger partial charge < -0.3 is 5.11 Å². The van der Waals surface area contributed by atoms with Gasteiger partial charge in [-0.05, 0) is 31.7 Å². The zero-order valence-electron chi connectivity index (χ0n) is 8.78. The number of carboxylic acids is 1. The fraction of sp³-hybridized carbons (Fsp3) is 0.909. The molecule has 3 nitrogen and oxygen atoms in total. The predicted molar refractivity (Wildman–Crippen MR) is 54.1 cm³/mol. The van der Waals surface area contributed by atoms with Gasteiger partial charge in [-0.15, -0.1) is 0 Å². The fourth-order valence-electron chi connectivity index (χ4n) is 2.94. The van der Waals surface area contributed by atoms with E-state index in [1.165, 1.54) is 6.42 Å². The van der Waals surface area contributed by atoms with Crippen LogP contribution in [0.25, 0.3) is 0 Å². The van der Waals surface area contributed by atoms with E-state index in [1.807, 2.05) is 0 Å². The van der Waals surface area contributed by atoms with Gasteiger partial charge in [0.15, 0.2) is 0 Å². The highest BCUT2D eigenvalue weighted by Gasteiger charge is 2.38. The molecule has 1 saturated carbocycles. The van der Waals surface area contributed by atoms with Gasteiger partial charge in [-0.1, -0.05) is 13.3 Å². The molecule has 2 fully saturated rings. The van der Waals surface area contributed by atoms with E-state index in [4.69, 9.17) is 5.11 Å². The highest BCUT2D eigenvalue weighted by atomic mass is 16.4. The van der Waals surface area contributed by atoms with Crippen molar-refractivity contribution in [3.8, 4) is 0 Å². The normalized spacial score (nSPS) is 39.1. The summed E-state index contributed by atoms with van der Waals surface area (Å²) in [6.45, 7) is 4.47. The molecule has 0 aromatic carbocycles. The molecule has 80 valence electrons. The third-order valence-corrected chi connectivity index (χ3v) is 3.72. The Morgan fingerprint density at radius 3 is 2.71 bits per heavy atom. The van der Waals surface area contributed by atoms with E-state index >= 15 is 0 Å². The molecule has 1 heterocycles. The lowest BCUT2D eigenvalue weighted by Gasteiger charge is -2.27. The molecule has 1 aliphatic heterocycles. The van der Waals surface area contributed by atoms with Gasteiger partial charge in [0, 0.05) is 12.6 Å². The van der Waals surface area contributed by atoms with Gasteiger partial charge in [0.05, 0.1) is 5.92 Å². The Balaban J connectivity index is 1.99. The second-order valence-corrected chi connectivity index (χ2v) is 4.83. The minimum atomic E-state index is -0.591. The van der Waals surface area contributed by atoms with Crippen molar-refractivity contribution >= 4 is 5.97 Å². The third-order valence-electron chi connectivity index (χ3n) is 3.72. The van der Waals surface area contributed by atoms with Gasteiger partial charge in [-0.25, -0.2) is 0 Å². The lowest BCUT2D eigenvalue weighted by atomic mass is 10.0. The highest BCUT2D eigenvalue weighted by Crippen LogP contribution is 2.33. The number of hydrogen-bond acceptors (Lipinski definition) is 2. The molecule has 3 atom stereocenters. The quantitative estimate of drug-likeness (QED) is 0.730. The molecule has 1 saturated heterocycles. The van der Waals surface area contributed by atoms with Crippen molar-refractivity contribution in [2.24, 2.45) is 11.8 Å². The molecule has 14 heavy (non-hydrogen) atoms. The van der Waals surface area contributed by atoms with Gasteiger partial charge >= 0.3 is 5.97 Å². The maximum Gasteiger partial charge on any atom is 0.308 e. The Kier molecular flexibility index (Phi) is 2.77. The molecular weight excluding hydrogens is 178 g/mol. The Hall–Kier alpha value is -0.570. The van der Waals surface area contributed by atoms with E-state index < -0.39 is 5.97 Å². The van der Waals surface area contributed by atoms with Crippen molar-refractivity contribution in [1.82, 2.24) is 4.90 Å². The summed E-state index contributed by atoms with van der Waals surface area (Å²) >= 11 is 0. The van der Waals surface area contributed by atoms with Gasteiger partial charge in [-0.2, -0.15) is 0 Å².